The highest BCUT2D eigenvalue weighted by Gasteiger charge is 2.29. The molecule has 0 radical (unpaired) electrons. The van der Waals surface area contributed by atoms with Crippen LogP contribution in [0.15, 0.2) is 71.9 Å². The van der Waals surface area contributed by atoms with Crippen molar-refractivity contribution in [3.05, 3.63) is 101 Å². The van der Waals surface area contributed by atoms with Gasteiger partial charge >= 0.3 is 0 Å². The molecule has 0 unspecified atom stereocenters. The van der Waals surface area contributed by atoms with Crippen molar-refractivity contribution in [2.45, 2.75) is 20.4 Å². The molecule has 4 heteroatoms. The van der Waals surface area contributed by atoms with E-state index < -0.39 is 0 Å². The molecule has 2 aromatic heterocycles. The number of aromatic amines is 2. The van der Waals surface area contributed by atoms with E-state index in [-0.39, 0.29) is 5.78 Å². The highest BCUT2D eigenvalue weighted by molar-refractivity contribution is 6.52. The summed E-state index contributed by atoms with van der Waals surface area (Å²) in [5.41, 5.74) is 8.52. The minimum atomic E-state index is -0.0541. The Morgan fingerprint density at radius 3 is 2.48 bits per heavy atom. The number of aryl methyl sites for hydroxylation is 2. The van der Waals surface area contributed by atoms with Crippen LogP contribution in [0, 0.1) is 13.8 Å². The second kappa shape index (κ2) is 6.74. The van der Waals surface area contributed by atoms with Gasteiger partial charge in [-0.3, -0.25) is 9.79 Å². The van der Waals surface area contributed by atoms with Crippen molar-refractivity contribution < 1.29 is 4.79 Å². The molecule has 4 aromatic rings. The fourth-order valence-corrected chi connectivity index (χ4v) is 4.08. The second-order valence-corrected chi connectivity index (χ2v) is 7.47. The van der Waals surface area contributed by atoms with Crippen molar-refractivity contribution in [3.8, 4) is 0 Å². The third-order valence-corrected chi connectivity index (χ3v) is 5.60. The molecule has 0 bridgehead atoms. The van der Waals surface area contributed by atoms with Gasteiger partial charge < -0.3 is 9.97 Å². The van der Waals surface area contributed by atoms with E-state index in [9.17, 15) is 4.79 Å². The molecule has 5 rings (SSSR count). The van der Waals surface area contributed by atoms with Crippen LogP contribution >= 0.6 is 0 Å². The molecule has 0 atom stereocenters. The molecule has 2 aromatic carbocycles. The molecule has 29 heavy (non-hydrogen) atoms. The van der Waals surface area contributed by atoms with Gasteiger partial charge in [0.15, 0.2) is 0 Å². The molecular weight excluding hydrogens is 358 g/mol. The van der Waals surface area contributed by atoms with Crippen LogP contribution < -0.4 is 0 Å². The van der Waals surface area contributed by atoms with E-state index in [1.807, 2.05) is 61.7 Å². The molecule has 0 saturated heterocycles. The number of carbonyl (C=O) groups is 1. The molecule has 0 aliphatic heterocycles. The summed E-state index contributed by atoms with van der Waals surface area (Å²) in [6.07, 6.45) is 3.83. The average Bonchev–Trinajstić information content (AvgIpc) is 3.30. The molecule has 0 spiro atoms. The van der Waals surface area contributed by atoms with E-state index in [4.69, 9.17) is 0 Å². The zero-order chi connectivity index (χ0) is 20.0. The van der Waals surface area contributed by atoms with Gasteiger partial charge in [0.25, 0.3) is 0 Å². The fourth-order valence-electron chi connectivity index (χ4n) is 4.08. The number of benzene rings is 2. The number of hydrogen-bond donors (Lipinski definition) is 2. The summed E-state index contributed by atoms with van der Waals surface area (Å²) in [5, 5.41) is 1.19. The number of hydrogen-bond acceptors (Lipinski definition) is 2. The standard InChI is InChI=1S/C25H21N3O/c1-15-13-27-24-22(15)19(23-16(2)18-10-6-7-11-20(18)28-23)12-21(25(24)29)26-14-17-8-4-3-5-9-17/h3-13,27-28H,14H2,1-2H3. The minimum absolute atomic E-state index is 0.0541. The highest BCUT2D eigenvalue weighted by atomic mass is 16.1. The summed E-state index contributed by atoms with van der Waals surface area (Å²) in [6, 6.07) is 18.3. The molecule has 1 aliphatic rings. The Balaban J connectivity index is 1.67. The van der Waals surface area contributed by atoms with E-state index in [0.717, 1.165) is 33.5 Å². The normalized spacial score (nSPS) is 15.0. The van der Waals surface area contributed by atoms with E-state index in [0.29, 0.717) is 18.0 Å². The molecular formula is C25H21N3O. The first kappa shape index (κ1) is 17.4. The number of nitrogens with zero attached hydrogens (tertiary/aromatic N) is 1. The zero-order valence-electron chi connectivity index (χ0n) is 16.4. The summed E-state index contributed by atoms with van der Waals surface area (Å²) >= 11 is 0. The fraction of sp³-hybridized carbons (Fsp3) is 0.120. The quantitative estimate of drug-likeness (QED) is 0.493. The molecule has 142 valence electrons. The number of Topliss-reactive ketones (excluding diaryl/α,β-unsaturated/α-hetero) is 1. The second-order valence-electron chi connectivity index (χ2n) is 7.47. The lowest BCUT2D eigenvalue weighted by atomic mass is 9.88. The monoisotopic (exact) mass is 379 g/mol. The van der Waals surface area contributed by atoms with E-state index >= 15 is 0 Å². The molecule has 1 aliphatic carbocycles. The van der Waals surface area contributed by atoms with Crippen molar-refractivity contribution in [1.29, 1.82) is 0 Å². The number of nitrogens with one attached hydrogen (secondary N) is 2. The molecule has 2 N–H and O–H groups in total. The Bertz CT molecular complexity index is 1300. The third kappa shape index (κ3) is 2.85. The predicted octanol–water partition coefficient (Wildman–Crippen LogP) is 5.38. The number of carbonyl (C=O) groups excluding carboxylic acids is 1. The molecule has 0 fully saturated rings. The summed E-state index contributed by atoms with van der Waals surface area (Å²) in [4.78, 5) is 24.5. The Hall–Kier alpha value is -3.66. The smallest absolute Gasteiger partial charge is 0.227 e. The van der Waals surface area contributed by atoms with Crippen LogP contribution in [0.2, 0.25) is 0 Å². The molecule has 0 saturated carbocycles. The van der Waals surface area contributed by atoms with Crippen molar-refractivity contribution in [3.63, 3.8) is 0 Å². The number of aromatic nitrogens is 2. The van der Waals surface area contributed by atoms with Crippen LogP contribution in [0.3, 0.4) is 0 Å². The number of allylic oxidation sites excluding steroid dienone is 1. The number of fused-ring (bicyclic) bond motifs is 2. The lowest BCUT2D eigenvalue weighted by Crippen LogP contribution is -2.20. The number of H-pyrrole nitrogens is 2. The van der Waals surface area contributed by atoms with Crippen molar-refractivity contribution >= 4 is 28.0 Å². The SMILES string of the molecule is Cc1c[nH]c2c1C(c1[nH]c3ccccc3c1C)=CC(=NCc1ccccc1)C2=O. The van der Waals surface area contributed by atoms with Crippen LogP contribution in [0.5, 0.6) is 0 Å². The maximum absolute atomic E-state index is 13.1. The summed E-state index contributed by atoms with van der Waals surface area (Å²) in [5.74, 6) is -0.0541. The van der Waals surface area contributed by atoms with E-state index in [2.05, 4.69) is 34.0 Å². The Morgan fingerprint density at radius 1 is 0.931 bits per heavy atom. The zero-order valence-corrected chi connectivity index (χ0v) is 16.4. The van der Waals surface area contributed by atoms with Crippen LogP contribution in [-0.4, -0.2) is 21.5 Å². The summed E-state index contributed by atoms with van der Waals surface area (Å²) in [7, 11) is 0. The maximum atomic E-state index is 13.1. The Labute approximate surface area is 169 Å². The van der Waals surface area contributed by atoms with Gasteiger partial charge in [0.05, 0.1) is 17.9 Å². The summed E-state index contributed by atoms with van der Waals surface area (Å²) < 4.78 is 0. The van der Waals surface area contributed by atoms with E-state index in [1.165, 1.54) is 10.9 Å². The lowest BCUT2D eigenvalue weighted by Gasteiger charge is -2.16. The first-order valence-corrected chi connectivity index (χ1v) is 9.74. The van der Waals surface area contributed by atoms with Gasteiger partial charge in [-0.2, -0.15) is 0 Å². The van der Waals surface area contributed by atoms with E-state index in [1.54, 1.807) is 0 Å². The highest BCUT2D eigenvalue weighted by Crippen LogP contribution is 2.36. The topological polar surface area (TPSA) is 61.0 Å². The van der Waals surface area contributed by atoms with Crippen LogP contribution in [0.25, 0.3) is 16.5 Å². The predicted molar refractivity (Wildman–Crippen MR) is 118 cm³/mol. The minimum Gasteiger partial charge on any atom is -0.358 e. The van der Waals surface area contributed by atoms with Crippen molar-refractivity contribution in [2.75, 3.05) is 0 Å². The van der Waals surface area contributed by atoms with Crippen LogP contribution in [-0.2, 0) is 6.54 Å². The van der Waals surface area contributed by atoms with Crippen molar-refractivity contribution in [1.82, 2.24) is 9.97 Å². The molecule has 0 amide bonds. The molecule has 2 heterocycles. The van der Waals surface area contributed by atoms with Gasteiger partial charge in [0.1, 0.15) is 5.71 Å². The number of para-hydroxylation sites is 1. The van der Waals surface area contributed by atoms with Crippen molar-refractivity contribution in [2.24, 2.45) is 4.99 Å². The molecule has 4 nitrogen and oxygen atoms in total. The number of aliphatic imine (C=N–C) groups is 1. The first-order valence-electron chi connectivity index (χ1n) is 9.74. The third-order valence-electron chi connectivity index (χ3n) is 5.60. The number of ketones is 1. The van der Waals surface area contributed by atoms with Crippen LogP contribution in [0.1, 0.15) is 38.4 Å². The van der Waals surface area contributed by atoms with Gasteiger partial charge in [-0.15, -0.1) is 0 Å². The average molecular weight is 379 g/mol. The van der Waals surface area contributed by atoms with Gasteiger partial charge in [-0.25, -0.2) is 0 Å². The first-order chi connectivity index (χ1) is 14.1. The summed E-state index contributed by atoms with van der Waals surface area (Å²) in [6.45, 7) is 4.63. The van der Waals surface area contributed by atoms with Gasteiger partial charge in [0.2, 0.25) is 5.78 Å². The maximum Gasteiger partial charge on any atom is 0.227 e. The van der Waals surface area contributed by atoms with Crippen LogP contribution in [0.4, 0.5) is 0 Å². The Kier molecular flexibility index (Phi) is 4.06. The van der Waals surface area contributed by atoms with Gasteiger partial charge in [-0.05, 0) is 42.7 Å². The largest absolute Gasteiger partial charge is 0.358 e. The lowest BCUT2D eigenvalue weighted by molar-refractivity contribution is 0.106. The Morgan fingerprint density at radius 2 is 1.69 bits per heavy atom. The van der Waals surface area contributed by atoms with Gasteiger partial charge in [-0.1, -0.05) is 48.5 Å². The van der Waals surface area contributed by atoms with Gasteiger partial charge in [0, 0.05) is 28.2 Å². The number of rotatable bonds is 3.